The van der Waals surface area contributed by atoms with Gasteiger partial charge in [-0.3, -0.25) is 4.79 Å². The summed E-state index contributed by atoms with van der Waals surface area (Å²) in [5.74, 6) is 1.85. The predicted molar refractivity (Wildman–Crippen MR) is 102 cm³/mol. The van der Waals surface area contributed by atoms with Crippen molar-refractivity contribution in [2.24, 2.45) is 0 Å². The standard InChI is InChI=1S/C17H16N8OS/c1-11-21-15(10-16(22-11)25-8-2-5-20-25)18-6-7-19-17(26)12-3-4-13-14(9-12)24-27-23-13/h2-5,8-10H,6-7H2,1H3,(H,19,26)(H,18,21,22). The van der Waals surface area contributed by atoms with E-state index in [9.17, 15) is 4.79 Å². The molecule has 0 aliphatic heterocycles. The molecule has 1 amide bonds. The van der Waals surface area contributed by atoms with Crippen molar-refractivity contribution < 1.29 is 4.79 Å². The summed E-state index contributed by atoms with van der Waals surface area (Å²) in [4.78, 5) is 21.0. The molecule has 0 saturated heterocycles. The topological polar surface area (TPSA) is 111 Å². The molecule has 3 aromatic heterocycles. The lowest BCUT2D eigenvalue weighted by Crippen LogP contribution is -2.29. The third-order valence-electron chi connectivity index (χ3n) is 3.80. The van der Waals surface area contributed by atoms with Crippen LogP contribution in [0.1, 0.15) is 16.2 Å². The lowest BCUT2D eigenvalue weighted by molar-refractivity contribution is 0.0955. The van der Waals surface area contributed by atoms with Crippen LogP contribution in [0, 0.1) is 6.92 Å². The van der Waals surface area contributed by atoms with E-state index in [1.54, 1.807) is 29.1 Å². The van der Waals surface area contributed by atoms with E-state index < -0.39 is 0 Å². The molecule has 10 heteroatoms. The molecule has 0 unspecified atom stereocenters. The maximum absolute atomic E-state index is 12.3. The summed E-state index contributed by atoms with van der Waals surface area (Å²) in [5, 5.41) is 10.2. The summed E-state index contributed by atoms with van der Waals surface area (Å²) >= 11 is 1.13. The maximum Gasteiger partial charge on any atom is 0.251 e. The van der Waals surface area contributed by atoms with Crippen LogP contribution in [-0.2, 0) is 0 Å². The monoisotopic (exact) mass is 380 g/mol. The van der Waals surface area contributed by atoms with Crippen LogP contribution in [0.25, 0.3) is 16.9 Å². The number of aromatic nitrogens is 6. The Bertz CT molecular complexity index is 1080. The van der Waals surface area contributed by atoms with Gasteiger partial charge in [-0.1, -0.05) is 0 Å². The Labute approximate surface area is 158 Å². The van der Waals surface area contributed by atoms with Crippen molar-refractivity contribution in [1.82, 2.24) is 33.8 Å². The van der Waals surface area contributed by atoms with Crippen LogP contribution < -0.4 is 10.6 Å². The van der Waals surface area contributed by atoms with Crippen molar-refractivity contribution in [2.45, 2.75) is 6.92 Å². The average molecular weight is 380 g/mol. The van der Waals surface area contributed by atoms with Crippen LogP contribution in [0.5, 0.6) is 0 Å². The highest BCUT2D eigenvalue weighted by atomic mass is 32.1. The summed E-state index contributed by atoms with van der Waals surface area (Å²) < 4.78 is 9.96. The molecule has 0 spiro atoms. The van der Waals surface area contributed by atoms with E-state index in [4.69, 9.17) is 0 Å². The number of benzene rings is 1. The SMILES string of the molecule is Cc1nc(NCCNC(=O)c2ccc3nsnc3c2)cc(-n2cccn2)n1. The summed E-state index contributed by atoms with van der Waals surface area (Å²) in [7, 11) is 0. The third-order valence-corrected chi connectivity index (χ3v) is 4.35. The van der Waals surface area contributed by atoms with Crippen molar-refractivity contribution in [2.75, 3.05) is 18.4 Å². The van der Waals surface area contributed by atoms with Crippen molar-refractivity contribution in [1.29, 1.82) is 0 Å². The van der Waals surface area contributed by atoms with E-state index >= 15 is 0 Å². The number of nitrogens with zero attached hydrogens (tertiary/aromatic N) is 6. The highest BCUT2D eigenvalue weighted by molar-refractivity contribution is 7.00. The van der Waals surface area contributed by atoms with Gasteiger partial charge in [-0.05, 0) is 31.2 Å². The zero-order valence-corrected chi connectivity index (χ0v) is 15.3. The number of carbonyl (C=O) groups excluding carboxylic acids is 1. The molecule has 0 atom stereocenters. The lowest BCUT2D eigenvalue weighted by Gasteiger charge is -2.09. The molecule has 2 N–H and O–H groups in total. The van der Waals surface area contributed by atoms with Gasteiger partial charge in [-0.25, -0.2) is 14.6 Å². The van der Waals surface area contributed by atoms with Crippen LogP contribution in [0.4, 0.5) is 5.82 Å². The normalized spacial score (nSPS) is 10.9. The smallest absolute Gasteiger partial charge is 0.251 e. The summed E-state index contributed by atoms with van der Waals surface area (Å²) in [5.41, 5.74) is 2.09. The molecule has 0 aliphatic carbocycles. The number of rotatable bonds is 6. The molecule has 27 heavy (non-hydrogen) atoms. The Morgan fingerprint density at radius 3 is 2.89 bits per heavy atom. The fraction of sp³-hybridized carbons (Fsp3) is 0.176. The zero-order chi connectivity index (χ0) is 18.6. The van der Waals surface area contributed by atoms with Gasteiger partial charge in [0.15, 0.2) is 5.82 Å². The summed E-state index contributed by atoms with van der Waals surface area (Å²) in [6, 6.07) is 8.93. The molecule has 0 saturated carbocycles. The fourth-order valence-corrected chi connectivity index (χ4v) is 3.07. The minimum absolute atomic E-state index is 0.150. The molecular formula is C17H16N8OS. The Balaban J connectivity index is 1.34. The van der Waals surface area contributed by atoms with Crippen LogP contribution >= 0.6 is 11.7 Å². The zero-order valence-electron chi connectivity index (χ0n) is 14.5. The first-order chi connectivity index (χ1) is 13.2. The largest absolute Gasteiger partial charge is 0.368 e. The molecule has 0 bridgehead atoms. The van der Waals surface area contributed by atoms with Crippen molar-refractivity contribution >= 4 is 34.5 Å². The van der Waals surface area contributed by atoms with Gasteiger partial charge in [0, 0.05) is 37.1 Å². The van der Waals surface area contributed by atoms with Gasteiger partial charge in [0.1, 0.15) is 22.7 Å². The number of aryl methyl sites for hydroxylation is 1. The Morgan fingerprint density at radius 2 is 2.04 bits per heavy atom. The van der Waals surface area contributed by atoms with Gasteiger partial charge in [0.2, 0.25) is 0 Å². The lowest BCUT2D eigenvalue weighted by atomic mass is 10.2. The van der Waals surface area contributed by atoms with Crippen LogP contribution in [0.2, 0.25) is 0 Å². The number of hydrogen-bond donors (Lipinski definition) is 2. The minimum Gasteiger partial charge on any atom is -0.368 e. The predicted octanol–water partition coefficient (Wildman–Crippen LogP) is 1.82. The number of hydrogen-bond acceptors (Lipinski definition) is 8. The molecule has 4 aromatic rings. The molecule has 1 aromatic carbocycles. The second kappa shape index (κ2) is 7.46. The van der Waals surface area contributed by atoms with Crippen molar-refractivity contribution in [3.8, 4) is 5.82 Å². The first kappa shape index (κ1) is 17.0. The fourth-order valence-electron chi connectivity index (χ4n) is 2.56. The molecule has 136 valence electrons. The second-order valence-corrected chi connectivity index (χ2v) is 6.29. The van der Waals surface area contributed by atoms with Crippen LogP contribution in [0.15, 0.2) is 42.7 Å². The highest BCUT2D eigenvalue weighted by Crippen LogP contribution is 2.13. The summed E-state index contributed by atoms with van der Waals surface area (Å²) in [6.07, 6.45) is 3.51. The molecule has 4 rings (SSSR count). The average Bonchev–Trinajstić information content (AvgIpc) is 3.35. The Kier molecular flexibility index (Phi) is 4.71. The Hall–Kier alpha value is -3.40. The van der Waals surface area contributed by atoms with Crippen LogP contribution in [0.3, 0.4) is 0 Å². The molecule has 9 nitrogen and oxygen atoms in total. The van der Waals surface area contributed by atoms with Gasteiger partial charge < -0.3 is 10.6 Å². The quantitative estimate of drug-likeness (QED) is 0.491. The first-order valence-corrected chi connectivity index (χ1v) is 9.02. The number of fused-ring (bicyclic) bond motifs is 1. The van der Waals surface area contributed by atoms with Gasteiger partial charge in [0.25, 0.3) is 5.91 Å². The number of nitrogens with one attached hydrogen (secondary N) is 2. The van der Waals surface area contributed by atoms with Gasteiger partial charge in [-0.15, -0.1) is 0 Å². The third kappa shape index (κ3) is 3.90. The minimum atomic E-state index is -0.150. The number of anilines is 1. The van der Waals surface area contributed by atoms with Gasteiger partial charge >= 0.3 is 0 Å². The number of amides is 1. The highest BCUT2D eigenvalue weighted by Gasteiger charge is 2.08. The summed E-state index contributed by atoms with van der Waals surface area (Å²) in [6.45, 7) is 2.80. The van der Waals surface area contributed by atoms with E-state index in [-0.39, 0.29) is 5.91 Å². The van der Waals surface area contributed by atoms with E-state index in [0.717, 1.165) is 22.8 Å². The van der Waals surface area contributed by atoms with Crippen molar-refractivity contribution in [3.05, 3.63) is 54.1 Å². The molecule has 0 aliphatic rings. The molecule has 0 radical (unpaired) electrons. The first-order valence-electron chi connectivity index (χ1n) is 8.29. The second-order valence-electron chi connectivity index (χ2n) is 5.76. The number of carbonyl (C=O) groups is 1. The van der Waals surface area contributed by atoms with Crippen molar-refractivity contribution in [3.63, 3.8) is 0 Å². The molecule has 0 fully saturated rings. The van der Waals surface area contributed by atoms with Gasteiger partial charge in [-0.2, -0.15) is 13.8 Å². The van der Waals surface area contributed by atoms with Gasteiger partial charge in [0.05, 0.1) is 11.7 Å². The maximum atomic E-state index is 12.3. The molecular weight excluding hydrogens is 364 g/mol. The van der Waals surface area contributed by atoms with E-state index in [2.05, 4.69) is 34.4 Å². The van der Waals surface area contributed by atoms with E-state index in [1.165, 1.54) is 0 Å². The van der Waals surface area contributed by atoms with E-state index in [0.29, 0.717) is 36.1 Å². The van der Waals surface area contributed by atoms with Crippen LogP contribution in [-0.4, -0.2) is 47.5 Å². The molecule has 3 heterocycles. The van der Waals surface area contributed by atoms with E-state index in [1.807, 2.05) is 25.3 Å². The Morgan fingerprint density at radius 1 is 1.15 bits per heavy atom.